The van der Waals surface area contributed by atoms with Crippen molar-refractivity contribution in [3.05, 3.63) is 5.01 Å². The van der Waals surface area contributed by atoms with Gasteiger partial charge in [-0.1, -0.05) is 31.1 Å². The SMILES string of the molecule is CCc1nnc(NC(=O)CN2C(=O)[C@@H]3CCCC[C@H]3C2=O)s1. The highest BCUT2D eigenvalue weighted by atomic mass is 32.1. The maximum atomic E-state index is 12.3. The summed E-state index contributed by atoms with van der Waals surface area (Å²) in [5, 5.41) is 11.6. The first-order valence-corrected chi connectivity index (χ1v) is 8.39. The van der Waals surface area contributed by atoms with E-state index < -0.39 is 5.91 Å². The van der Waals surface area contributed by atoms with Crippen molar-refractivity contribution in [1.29, 1.82) is 0 Å². The Kier molecular flexibility index (Phi) is 4.19. The Morgan fingerprint density at radius 1 is 1.23 bits per heavy atom. The topological polar surface area (TPSA) is 92.3 Å². The zero-order valence-electron chi connectivity index (χ0n) is 12.4. The van der Waals surface area contributed by atoms with Crippen LogP contribution in [0.2, 0.25) is 0 Å². The van der Waals surface area contributed by atoms with Crippen LogP contribution in [0, 0.1) is 11.8 Å². The first-order chi connectivity index (χ1) is 10.6. The van der Waals surface area contributed by atoms with Gasteiger partial charge in [-0.15, -0.1) is 10.2 Å². The number of carbonyl (C=O) groups is 3. The van der Waals surface area contributed by atoms with E-state index in [1.54, 1.807) is 0 Å². The maximum absolute atomic E-state index is 12.3. The average Bonchev–Trinajstić information content (AvgIpc) is 3.06. The monoisotopic (exact) mass is 322 g/mol. The molecule has 2 aliphatic rings. The summed E-state index contributed by atoms with van der Waals surface area (Å²) in [5.74, 6) is -1.24. The highest BCUT2D eigenvalue weighted by Gasteiger charge is 2.48. The predicted octanol–water partition coefficient (Wildman–Crippen LogP) is 1.21. The van der Waals surface area contributed by atoms with Crippen LogP contribution in [0.3, 0.4) is 0 Å². The second-order valence-electron chi connectivity index (χ2n) is 5.66. The van der Waals surface area contributed by atoms with Gasteiger partial charge in [0, 0.05) is 0 Å². The van der Waals surface area contributed by atoms with Crippen LogP contribution in [0.15, 0.2) is 0 Å². The molecule has 3 rings (SSSR count). The first kappa shape index (κ1) is 15.1. The molecule has 0 radical (unpaired) electrons. The molecule has 1 aromatic rings. The van der Waals surface area contributed by atoms with Crippen LogP contribution in [0.5, 0.6) is 0 Å². The van der Waals surface area contributed by atoms with E-state index in [2.05, 4.69) is 15.5 Å². The van der Waals surface area contributed by atoms with Crippen LogP contribution in [-0.4, -0.2) is 39.4 Å². The van der Waals surface area contributed by atoms with Gasteiger partial charge in [0.15, 0.2) is 0 Å². The van der Waals surface area contributed by atoms with E-state index >= 15 is 0 Å². The number of aryl methyl sites for hydroxylation is 1. The number of rotatable bonds is 4. The molecule has 0 bridgehead atoms. The van der Waals surface area contributed by atoms with Gasteiger partial charge in [-0.25, -0.2) is 0 Å². The minimum Gasteiger partial charge on any atom is -0.299 e. The molecule has 2 atom stereocenters. The average molecular weight is 322 g/mol. The molecule has 1 saturated heterocycles. The Morgan fingerprint density at radius 2 is 1.86 bits per heavy atom. The second-order valence-corrected chi connectivity index (χ2v) is 6.72. The first-order valence-electron chi connectivity index (χ1n) is 7.57. The second kappa shape index (κ2) is 6.12. The van der Waals surface area contributed by atoms with E-state index in [4.69, 9.17) is 0 Å². The number of amides is 3. The standard InChI is InChI=1S/C14H18N4O3S/c1-2-11-16-17-14(22-11)15-10(19)7-18-12(20)8-5-3-4-6-9(8)13(18)21/h8-9H,2-7H2,1H3,(H,15,17,19)/t8-,9-/m1/s1. The molecule has 1 aliphatic heterocycles. The third-order valence-corrected chi connectivity index (χ3v) is 5.23. The highest BCUT2D eigenvalue weighted by Crippen LogP contribution is 2.37. The number of nitrogens with one attached hydrogen (secondary N) is 1. The van der Waals surface area contributed by atoms with Gasteiger partial charge in [-0.2, -0.15) is 0 Å². The highest BCUT2D eigenvalue weighted by molar-refractivity contribution is 7.15. The van der Waals surface area contributed by atoms with Crippen molar-refractivity contribution in [2.24, 2.45) is 11.8 Å². The van der Waals surface area contributed by atoms with E-state index in [9.17, 15) is 14.4 Å². The number of aromatic nitrogens is 2. The smallest absolute Gasteiger partial charge is 0.246 e. The molecule has 1 aromatic heterocycles. The molecule has 118 valence electrons. The van der Waals surface area contributed by atoms with Gasteiger partial charge in [-0.05, 0) is 19.3 Å². The van der Waals surface area contributed by atoms with Crippen LogP contribution in [0.1, 0.15) is 37.6 Å². The van der Waals surface area contributed by atoms with E-state index in [0.717, 1.165) is 42.0 Å². The predicted molar refractivity (Wildman–Crippen MR) is 80.1 cm³/mol. The van der Waals surface area contributed by atoms with Gasteiger partial charge in [0.05, 0.1) is 11.8 Å². The van der Waals surface area contributed by atoms with Crippen LogP contribution >= 0.6 is 11.3 Å². The van der Waals surface area contributed by atoms with Crippen LogP contribution in [0.4, 0.5) is 5.13 Å². The van der Waals surface area contributed by atoms with Gasteiger partial charge in [0.25, 0.3) is 0 Å². The lowest BCUT2D eigenvalue weighted by Crippen LogP contribution is -2.38. The molecular weight excluding hydrogens is 304 g/mol. The van der Waals surface area contributed by atoms with E-state index in [0.29, 0.717) is 5.13 Å². The number of hydrogen-bond acceptors (Lipinski definition) is 6. The number of nitrogens with zero attached hydrogens (tertiary/aromatic N) is 3. The summed E-state index contributed by atoms with van der Waals surface area (Å²) in [5.41, 5.74) is 0. The summed E-state index contributed by atoms with van der Waals surface area (Å²) in [6.45, 7) is 1.72. The lowest BCUT2D eigenvalue weighted by Gasteiger charge is -2.19. The summed E-state index contributed by atoms with van der Waals surface area (Å²) in [6.07, 6.45) is 4.21. The fourth-order valence-corrected chi connectivity index (χ4v) is 3.83. The molecule has 8 heteroatoms. The Morgan fingerprint density at radius 3 is 2.41 bits per heavy atom. The molecule has 1 N–H and O–H groups in total. The molecule has 1 aliphatic carbocycles. The summed E-state index contributed by atoms with van der Waals surface area (Å²) < 4.78 is 0. The van der Waals surface area contributed by atoms with Crippen molar-refractivity contribution in [3.8, 4) is 0 Å². The zero-order chi connectivity index (χ0) is 15.7. The molecule has 0 spiro atoms. The van der Waals surface area contributed by atoms with Gasteiger partial charge in [0.2, 0.25) is 22.9 Å². The molecule has 1 saturated carbocycles. The zero-order valence-corrected chi connectivity index (χ0v) is 13.2. The molecular formula is C14H18N4O3S. The largest absolute Gasteiger partial charge is 0.299 e. The van der Waals surface area contributed by atoms with Crippen molar-refractivity contribution in [2.45, 2.75) is 39.0 Å². The van der Waals surface area contributed by atoms with Crippen LogP contribution in [0.25, 0.3) is 0 Å². The number of fused-ring (bicyclic) bond motifs is 1. The molecule has 7 nitrogen and oxygen atoms in total. The number of anilines is 1. The molecule has 2 fully saturated rings. The molecule has 3 amide bonds. The van der Waals surface area contributed by atoms with E-state index in [1.165, 1.54) is 11.3 Å². The number of likely N-dealkylation sites (tertiary alicyclic amines) is 1. The molecule has 0 aromatic carbocycles. The lowest BCUT2D eigenvalue weighted by atomic mass is 9.81. The van der Waals surface area contributed by atoms with E-state index in [-0.39, 0.29) is 30.2 Å². The molecule has 2 heterocycles. The normalized spacial score (nSPS) is 24.5. The Hall–Kier alpha value is -1.83. The van der Waals surface area contributed by atoms with Gasteiger partial charge in [-0.3, -0.25) is 24.6 Å². The quantitative estimate of drug-likeness (QED) is 0.841. The summed E-state index contributed by atoms with van der Waals surface area (Å²) in [7, 11) is 0. The number of carbonyl (C=O) groups excluding carboxylic acids is 3. The van der Waals surface area contributed by atoms with Crippen molar-refractivity contribution < 1.29 is 14.4 Å². The van der Waals surface area contributed by atoms with Gasteiger partial charge < -0.3 is 0 Å². The fourth-order valence-electron chi connectivity index (χ4n) is 3.14. The fraction of sp³-hybridized carbons (Fsp3) is 0.643. The minimum absolute atomic E-state index is 0.198. The van der Waals surface area contributed by atoms with Crippen molar-refractivity contribution in [3.63, 3.8) is 0 Å². The summed E-state index contributed by atoms with van der Waals surface area (Å²) >= 11 is 1.30. The Bertz CT molecular complexity index is 591. The van der Waals surface area contributed by atoms with E-state index in [1.807, 2.05) is 6.92 Å². The third-order valence-electron chi connectivity index (χ3n) is 4.25. The van der Waals surface area contributed by atoms with Gasteiger partial charge >= 0.3 is 0 Å². The number of hydrogen-bond donors (Lipinski definition) is 1. The molecule has 22 heavy (non-hydrogen) atoms. The summed E-state index contributed by atoms with van der Waals surface area (Å²) in [4.78, 5) is 37.7. The minimum atomic E-state index is -0.404. The maximum Gasteiger partial charge on any atom is 0.246 e. The summed E-state index contributed by atoms with van der Waals surface area (Å²) in [6, 6.07) is 0. The van der Waals surface area contributed by atoms with Crippen molar-refractivity contribution in [1.82, 2.24) is 15.1 Å². The third kappa shape index (κ3) is 2.75. The van der Waals surface area contributed by atoms with Gasteiger partial charge in [0.1, 0.15) is 11.6 Å². The van der Waals surface area contributed by atoms with Crippen molar-refractivity contribution in [2.75, 3.05) is 11.9 Å². The lowest BCUT2D eigenvalue weighted by molar-refractivity contribution is -0.142. The Balaban J connectivity index is 1.63. The number of imide groups is 1. The van der Waals surface area contributed by atoms with Crippen LogP contribution < -0.4 is 5.32 Å². The van der Waals surface area contributed by atoms with Crippen molar-refractivity contribution >= 4 is 34.2 Å². The van der Waals surface area contributed by atoms with Crippen LogP contribution in [-0.2, 0) is 20.8 Å². The molecule has 0 unspecified atom stereocenters. The Labute approximate surface area is 132 Å².